The van der Waals surface area contributed by atoms with Crippen molar-refractivity contribution in [2.45, 2.75) is 6.92 Å². The molecule has 0 radical (unpaired) electrons. The highest BCUT2D eigenvalue weighted by molar-refractivity contribution is 6.30. The minimum atomic E-state index is -1.14. The minimum absolute atomic E-state index is 0.00760. The van der Waals surface area contributed by atoms with E-state index in [0.717, 1.165) is 0 Å². The number of nitro groups is 1. The Bertz CT molecular complexity index is 1300. The number of aromatic nitrogens is 1. The van der Waals surface area contributed by atoms with Gasteiger partial charge in [0.15, 0.2) is 0 Å². The second-order valence-electron chi connectivity index (χ2n) is 6.67. The summed E-state index contributed by atoms with van der Waals surface area (Å²) in [5.41, 5.74) is 1.40. The lowest BCUT2D eigenvalue weighted by atomic mass is 10.1. The first-order valence-corrected chi connectivity index (χ1v) is 9.29. The van der Waals surface area contributed by atoms with Gasteiger partial charge in [0.2, 0.25) is 0 Å². The van der Waals surface area contributed by atoms with Gasteiger partial charge in [0.1, 0.15) is 17.2 Å². The molecule has 0 bridgehead atoms. The van der Waals surface area contributed by atoms with Crippen molar-refractivity contribution < 1.29 is 19.6 Å². The first-order chi connectivity index (χ1) is 14.3. The van der Waals surface area contributed by atoms with Gasteiger partial charge in [0.25, 0.3) is 5.69 Å². The van der Waals surface area contributed by atoms with E-state index < -0.39 is 10.9 Å². The van der Waals surface area contributed by atoms with Crippen LogP contribution in [-0.4, -0.2) is 20.6 Å². The van der Waals surface area contributed by atoms with Crippen molar-refractivity contribution in [1.29, 1.82) is 0 Å². The third-order valence-corrected chi connectivity index (χ3v) is 4.94. The molecule has 0 amide bonds. The number of rotatable bonds is 5. The first-order valence-electron chi connectivity index (χ1n) is 8.91. The fraction of sp³-hybridized carbons (Fsp3) is 0.0455. The van der Waals surface area contributed by atoms with E-state index in [-0.39, 0.29) is 11.4 Å². The van der Waals surface area contributed by atoms with Gasteiger partial charge in [-0.1, -0.05) is 17.7 Å². The summed E-state index contributed by atoms with van der Waals surface area (Å²) in [7, 11) is 0. The lowest BCUT2D eigenvalue weighted by molar-refractivity contribution is -0.385. The topological polar surface area (TPSA) is 94.6 Å². The summed E-state index contributed by atoms with van der Waals surface area (Å²) in [4.78, 5) is 22.7. The molecule has 0 aliphatic carbocycles. The summed E-state index contributed by atoms with van der Waals surface area (Å²) in [6.07, 6.45) is 0. The molecule has 4 aromatic rings. The van der Waals surface area contributed by atoms with Gasteiger partial charge in [-0.25, -0.2) is 4.79 Å². The van der Waals surface area contributed by atoms with Crippen LogP contribution in [0.15, 0.2) is 66.7 Å². The van der Waals surface area contributed by atoms with Crippen molar-refractivity contribution in [3.05, 3.63) is 93.1 Å². The maximum absolute atomic E-state index is 11.9. The lowest BCUT2D eigenvalue weighted by Gasteiger charge is -2.10. The largest absolute Gasteiger partial charge is 0.477 e. The standard InChI is InChI=1S/C22H15ClN2O5/c1-13-2-5-16(12-20(13)25(28)29)24-19-9-8-18(10-14(19)11-21(24)22(26)27)30-17-6-3-15(23)4-7-17/h2-12H,1H3,(H,26,27). The highest BCUT2D eigenvalue weighted by Gasteiger charge is 2.19. The van der Waals surface area contributed by atoms with Crippen molar-refractivity contribution in [2.75, 3.05) is 0 Å². The maximum Gasteiger partial charge on any atom is 0.352 e. The van der Waals surface area contributed by atoms with Crippen LogP contribution >= 0.6 is 11.6 Å². The highest BCUT2D eigenvalue weighted by atomic mass is 35.5. The van der Waals surface area contributed by atoms with Crippen LogP contribution in [0.2, 0.25) is 5.02 Å². The van der Waals surface area contributed by atoms with Crippen LogP contribution < -0.4 is 4.74 Å². The van der Waals surface area contributed by atoms with Crippen molar-refractivity contribution in [2.24, 2.45) is 0 Å². The Hall–Kier alpha value is -3.84. The van der Waals surface area contributed by atoms with Gasteiger partial charge in [-0.3, -0.25) is 10.1 Å². The van der Waals surface area contributed by atoms with E-state index in [2.05, 4.69) is 0 Å². The molecule has 1 heterocycles. The molecule has 0 saturated heterocycles. The van der Waals surface area contributed by atoms with Crippen molar-refractivity contribution in [1.82, 2.24) is 4.57 Å². The summed E-state index contributed by atoms with van der Waals surface area (Å²) in [6.45, 7) is 1.63. The van der Waals surface area contributed by atoms with Gasteiger partial charge in [0.05, 0.1) is 16.1 Å². The second-order valence-corrected chi connectivity index (χ2v) is 7.11. The van der Waals surface area contributed by atoms with Crippen LogP contribution in [-0.2, 0) is 0 Å². The smallest absolute Gasteiger partial charge is 0.352 e. The van der Waals surface area contributed by atoms with Crippen LogP contribution in [0.25, 0.3) is 16.6 Å². The van der Waals surface area contributed by atoms with Gasteiger partial charge in [-0.15, -0.1) is 0 Å². The summed E-state index contributed by atoms with van der Waals surface area (Å²) in [5.74, 6) is -0.0332. The van der Waals surface area contributed by atoms with Crippen molar-refractivity contribution >= 4 is 34.2 Å². The lowest BCUT2D eigenvalue weighted by Crippen LogP contribution is -2.07. The number of hydrogen-bond acceptors (Lipinski definition) is 4. The zero-order valence-electron chi connectivity index (χ0n) is 15.7. The average Bonchev–Trinajstić information content (AvgIpc) is 3.09. The van der Waals surface area contributed by atoms with Gasteiger partial charge < -0.3 is 14.4 Å². The first kappa shape index (κ1) is 19.5. The van der Waals surface area contributed by atoms with Crippen LogP contribution in [0, 0.1) is 17.0 Å². The number of ether oxygens (including phenoxy) is 1. The fourth-order valence-corrected chi connectivity index (χ4v) is 3.39. The predicted octanol–water partition coefficient (Wildman–Crippen LogP) is 5.99. The Kier molecular flexibility index (Phi) is 4.89. The van der Waals surface area contributed by atoms with Crippen LogP contribution in [0.1, 0.15) is 16.1 Å². The number of nitrogens with zero attached hydrogens (tertiary/aromatic N) is 2. The van der Waals surface area contributed by atoms with Gasteiger partial charge in [0, 0.05) is 22.0 Å². The minimum Gasteiger partial charge on any atom is -0.477 e. The number of fused-ring (bicyclic) bond motifs is 1. The Labute approximate surface area is 175 Å². The quantitative estimate of drug-likeness (QED) is 0.315. The van der Waals surface area contributed by atoms with Crippen molar-refractivity contribution in [3.63, 3.8) is 0 Å². The van der Waals surface area contributed by atoms with E-state index in [1.54, 1.807) is 61.5 Å². The fourth-order valence-electron chi connectivity index (χ4n) is 3.26. The Morgan fingerprint density at radius 1 is 1.03 bits per heavy atom. The van der Waals surface area contributed by atoms with Gasteiger partial charge >= 0.3 is 5.97 Å². The third kappa shape index (κ3) is 3.58. The maximum atomic E-state index is 11.9. The molecule has 4 rings (SSSR count). The predicted molar refractivity (Wildman–Crippen MR) is 113 cm³/mol. The Morgan fingerprint density at radius 2 is 1.73 bits per heavy atom. The molecule has 8 heteroatoms. The molecule has 0 unspecified atom stereocenters. The monoisotopic (exact) mass is 422 g/mol. The Morgan fingerprint density at radius 3 is 2.40 bits per heavy atom. The van der Waals surface area contributed by atoms with Crippen molar-refractivity contribution in [3.8, 4) is 17.2 Å². The van der Waals surface area contributed by atoms with Crippen LogP contribution in [0.5, 0.6) is 11.5 Å². The molecule has 1 aromatic heterocycles. The Balaban J connectivity index is 1.83. The molecule has 0 aliphatic rings. The number of nitro benzene ring substituents is 1. The number of carboxylic acids is 1. The second kappa shape index (κ2) is 7.53. The molecule has 7 nitrogen and oxygen atoms in total. The molecule has 0 fully saturated rings. The molecule has 0 spiro atoms. The zero-order valence-corrected chi connectivity index (χ0v) is 16.5. The summed E-state index contributed by atoms with van der Waals surface area (Å²) in [5, 5.41) is 22.2. The number of aryl methyl sites for hydroxylation is 1. The summed E-state index contributed by atoms with van der Waals surface area (Å²) in [6, 6.07) is 18.2. The number of aromatic carboxylic acids is 1. The van der Waals surface area contributed by atoms with E-state index in [4.69, 9.17) is 16.3 Å². The number of carbonyl (C=O) groups is 1. The molecule has 0 atom stereocenters. The summed E-state index contributed by atoms with van der Waals surface area (Å²) >= 11 is 5.89. The van der Waals surface area contributed by atoms with Crippen LogP contribution in [0.4, 0.5) is 5.69 Å². The van der Waals surface area contributed by atoms with E-state index in [1.807, 2.05) is 0 Å². The number of carboxylic acid groups (broad SMARTS) is 1. The molecule has 150 valence electrons. The molecule has 1 N–H and O–H groups in total. The molecule has 0 aliphatic heterocycles. The molecular weight excluding hydrogens is 408 g/mol. The molecule has 30 heavy (non-hydrogen) atoms. The van der Waals surface area contributed by atoms with E-state index in [1.165, 1.54) is 16.7 Å². The van der Waals surface area contributed by atoms with E-state index in [0.29, 0.717) is 38.7 Å². The van der Waals surface area contributed by atoms with E-state index in [9.17, 15) is 20.0 Å². The normalized spacial score (nSPS) is 10.9. The van der Waals surface area contributed by atoms with Gasteiger partial charge in [-0.05, 0) is 61.5 Å². The third-order valence-electron chi connectivity index (χ3n) is 4.69. The molecule has 3 aromatic carbocycles. The SMILES string of the molecule is Cc1ccc(-n2c(C(=O)O)cc3cc(Oc4ccc(Cl)cc4)ccc32)cc1[N+](=O)[O-]. The number of hydrogen-bond donors (Lipinski definition) is 1. The average molecular weight is 423 g/mol. The number of benzene rings is 3. The van der Waals surface area contributed by atoms with Gasteiger partial charge in [-0.2, -0.15) is 0 Å². The molecule has 0 saturated carbocycles. The summed E-state index contributed by atoms with van der Waals surface area (Å²) < 4.78 is 7.30. The number of halogens is 1. The van der Waals surface area contributed by atoms with Crippen LogP contribution in [0.3, 0.4) is 0 Å². The highest BCUT2D eigenvalue weighted by Crippen LogP contribution is 2.32. The van der Waals surface area contributed by atoms with E-state index >= 15 is 0 Å². The zero-order chi connectivity index (χ0) is 21.4. The molecular formula is C22H15ClN2O5.